The van der Waals surface area contributed by atoms with Gasteiger partial charge in [0.05, 0.1) is 16.3 Å². The number of anilines is 1. The molecule has 0 spiro atoms. The number of hydrazone groups is 1. The summed E-state index contributed by atoms with van der Waals surface area (Å²) in [5, 5.41) is 7.58. The van der Waals surface area contributed by atoms with E-state index in [0.29, 0.717) is 37.8 Å². The first-order valence-corrected chi connectivity index (χ1v) is 12.2. The highest BCUT2D eigenvalue weighted by molar-refractivity contribution is 6.38. The van der Waals surface area contributed by atoms with Crippen LogP contribution < -0.4 is 9.75 Å². The molecule has 1 amide bonds. The van der Waals surface area contributed by atoms with Gasteiger partial charge in [0, 0.05) is 21.2 Å². The molecule has 36 heavy (non-hydrogen) atoms. The van der Waals surface area contributed by atoms with Crippen LogP contribution in [0.5, 0.6) is 5.75 Å². The average Bonchev–Trinajstić information content (AvgIpc) is 3.21. The van der Waals surface area contributed by atoms with Gasteiger partial charge in [0.25, 0.3) is 5.91 Å². The van der Waals surface area contributed by atoms with Gasteiger partial charge in [-0.1, -0.05) is 95.5 Å². The molecular weight excluding hydrogens is 515 g/mol. The Morgan fingerprint density at radius 1 is 0.806 bits per heavy atom. The number of para-hydroxylation sites is 1. The lowest BCUT2D eigenvalue weighted by molar-refractivity contribution is -0.114. The number of hydrogen-bond acceptors (Lipinski definition) is 3. The fourth-order valence-corrected chi connectivity index (χ4v) is 4.49. The summed E-state index contributed by atoms with van der Waals surface area (Å²) in [6.07, 6.45) is 1.79. The minimum atomic E-state index is -0.214. The summed E-state index contributed by atoms with van der Waals surface area (Å²) in [5.74, 6) is 0.291. The van der Waals surface area contributed by atoms with Gasteiger partial charge in [-0.05, 0) is 48.0 Å². The fourth-order valence-electron chi connectivity index (χ4n) is 3.78. The summed E-state index contributed by atoms with van der Waals surface area (Å²) in [7, 11) is 0. The van der Waals surface area contributed by atoms with Gasteiger partial charge >= 0.3 is 0 Å². The van der Waals surface area contributed by atoms with Crippen LogP contribution in [0, 0.1) is 0 Å². The molecule has 1 heterocycles. The summed E-state index contributed by atoms with van der Waals surface area (Å²) < 4.78 is 5.88. The van der Waals surface area contributed by atoms with Crippen LogP contribution in [0.1, 0.15) is 16.7 Å². The standard InChI is InChI=1S/C29H19Cl3N2O2/c30-22-13-12-21(25(31)17-22)18-36-27-14-11-19(16-26(27)32)15-24-28(20-7-3-1-4-8-20)33-34(29(24)35)23-9-5-2-6-10-23/h1-17H,18H2/b24-15-. The quantitative estimate of drug-likeness (QED) is 0.235. The molecule has 0 unspecified atom stereocenters. The largest absolute Gasteiger partial charge is 0.487 e. The Hall–Kier alpha value is -3.57. The molecule has 0 fully saturated rings. The number of hydrogen-bond donors (Lipinski definition) is 0. The maximum absolute atomic E-state index is 13.4. The Morgan fingerprint density at radius 3 is 2.22 bits per heavy atom. The van der Waals surface area contributed by atoms with E-state index in [9.17, 15) is 4.79 Å². The molecule has 178 valence electrons. The molecule has 4 nitrogen and oxygen atoms in total. The lowest BCUT2D eigenvalue weighted by Gasteiger charge is -2.11. The van der Waals surface area contributed by atoms with Gasteiger partial charge < -0.3 is 4.74 Å². The van der Waals surface area contributed by atoms with Crippen molar-refractivity contribution >= 4 is 58.2 Å². The van der Waals surface area contributed by atoms with Crippen molar-refractivity contribution in [3.8, 4) is 5.75 Å². The molecule has 0 aliphatic carbocycles. The Balaban J connectivity index is 1.43. The summed E-state index contributed by atoms with van der Waals surface area (Å²) in [6, 6.07) is 29.6. The molecule has 7 heteroatoms. The topological polar surface area (TPSA) is 41.9 Å². The van der Waals surface area contributed by atoms with Crippen LogP contribution >= 0.6 is 34.8 Å². The Bertz CT molecular complexity index is 1490. The molecule has 0 radical (unpaired) electrons. The van der Waals surface area contributed by atoms with Crippen molar-refractivity contribution in [3.63, 3.8) is 0 Å². The maximum Gasteiger partial charge on any atom is 0.281 e. The second kappa shape index (κ2) is 10.6. The van der Waals surface area contributed by atoms with Gasteiger partial charge in [0.2, 0.25) is 0 Å². The zero-order valence-corrected chi connectivity index (χ0v) is 21.1. The van der Waals surface area contributed by atoms with Crippen LogP contribution in [-0.2, 0) is 11.4 Å². The van der Waals surface area contributed by atoms with Crippen molar-refractivity contribution in [1.82, 2.24) is 0 Å². The zero-order valence-electron chi connectivity index (χ0n) is 18.9. The molecule has 4 aromatic rings. The molecule has 0 atom stereocenters. The zero-order chi connectivity index (χ0) is 25.1. The van der Waals surface area contributed by atoms with Crippen LogP contribution in [0.15, 0.2) is 108 Å². The number of carbonyl (C=O) groups is 1. The van der Waals surface area contributed by atoms with E-state index in [2.05, 4.69) is 5.10 Å². The second-order valence-electron chi connectivity index (χ2n) is 8.04. The van der Waals surface area contributed by atoms with Gasteiger partial charge in [-0.3, -0.25) is 4.79 Å². The van der Waals surface area contributed by atoms with E-state index in [1.165, 1.54) is 5.01 Å². The lowest BCUT2D eigenvalue weighted by atomic mass is 10.0. The highest BCUT2D eigenvalue weighted by Crippen LogP contribution is 2.31. The first-order chi connectivity index (χ1) is 17.5. The van der Waals surface area contributed by atoms with E-state index in [-0.39, 0.29) is 12.5 Å². The van der Waals surface area contributed by atoms with Gasteiger partial charge in [-0.2, -0.15) is 10.1 Å². The van der Waals surface area contributed by atoms with Crippen molar-refractivity contribution in [2.45, 2.75) is 6.61 Å². The van der Waals surface area contributed by atoms with E-state index in [4.69, 9.17) is 39.5 Å². The Kier molecular flexibility index (Phi) is 7.10. The van der Waals surface area contributed by atoms with E-state index in [1.54, 1.807) is 30.3 Å². The van der Waals surface area contributed by atoms with Gasteiger partial charge in [-0.25, -0.2) is 0 Å². The van der Waals surface area contributed by atoms with E-state index >= 15 is 0 Å². The van der Waals surface area contributed by atoms with Crippen LogP contribution in [0.3, 0.4) is 0 Å². The Labute approximate surface area is 224 Å². The van der Waals surface area contributed by atoms with E-state index in [0.717, 1.165) is 16.7 Å². The van der Waals surface area contributed by atoms with Crippen LogP contribution in [0.4, 0.5) is 5.69 Å². The van der Waals surface area contributed by atoms with Gasteiger partial charge in [-0.15, -0.1) is 0 Å². The van der Waals surface area contributed by atoms with Crippen LogP contribution in [-0.4, -0.2) is 11.6 Å². The van der Waals surface area contributed by atoms with E-state index < -0.39 is 0 Å². The number of benzene rings is 4. The number of amides is 1. The minimum Gasteiger partial charge on any atom is -0.487 e. The molecule has 1 aliphatic rings. The van der Waals surface area contributed by atoms with Crippen LogP contribution in [0.25, 0.3) is 6.08 Å². The lowest BCUT2D eigenvalue weighted by Crippen LogP contribution is -2.21. The van der Waals surface area contributed by atoms with Gasteiger partial charge in [0.1, 0.15) is 18.1 Å². The number of ether oxygens (including phenoxy) is 1. The number of rotatable bonds is 6. The molecule has 0 saturated carbocycles. The first-order valence-electron chi connectivity index (χ1n) is 11.1. The maximum atomic E-state index is 13.4. The highest BCUT2D eigenvalue weighted by Gasteiger charge is 2.32. The first kappa shape index (κ1) is 24.1. The summed E-state index contributed by atoms with van der Waals surface area (Å²) in [5.41, 5.74) is 4.16. The monoisotopic (exact) mass is 532 g/mol. The molecule has 0 saturated heterocycles. The molecule has 0 N–H and O–H groups in total. The third-order valence-corrected chi connectivity index (χ3v) is 6.47. The predicted molar refractivity (Wildman–Crippen MR) is 147 cm³/mol. The normalized spacial score (nSPS) is 14.3. The van der Waals surface area contributed by atoms with Gasteiger partial charge in [0.15, 0.2) is 0 Å². The molecule has 4 aromatic carbocycles. The molecule has 0 bridgehead atoms. The fraction of sp³-hybridized carbons (Fsp3) is 0.0345. The minimum absolute atomic E-state index is 0.214. The van der Waals surface area contributed by atoms with Crippen LogP contribution in [0.2, 0.25) is 15.1 Å². The van der Waals surface area contributed by atoms with Crippen molar-refractivity contribution in [1.29, 1.82) is 0 Å². The van der Waals surface area contributed by atoms with Crippen molar-refractivity contribution in [2.75, 3.05) is 5.01 Å². The summed E-state index contributed by atoms with van der Waals surface area (Å²) >= 11 is 18.7. The molecular formula is C29H19Cl3N2O2. The molecule has 1 aliphatic heterocycles. The highest BCUT2D eigenvalue weighted by atomic mass is 35.5. The number of carbonyl (C=O) groups excluding carboxylic acids is 1. The number of nitrogens with zero attached hydrogens (tertiary/aromatic N) is 2. The predicted octanol–water partition coefficient (Wildman–Crippen LogP) is 8.06. The third-order valence-electron chi connectivity index (χ3n) is 5.59. The summed E-state index contributed by atoms with van der Waals surface area (Å²) in [6.45, 7) is 0.242. The third kappa shape index (κ3) is 5.17. The molecule has 5 rings (SSSR count). The Morgan fingerprint density at radius 2 is 1.53 bits per heavy atom. The second-order valence-corrected chi connectivity index (χ2v) is 9.29. The SMILES string of the molecule is O=C1/C(=C\c2ccc(OCc3ccc(Cl)cc3Cl)c(Cl)c2)C(c2ccccc2)=NN1c1ccccc1. The van der Waals surface area contributed by atoms with E-state index in [1.807, 2.05) is 72.8 Å². The van der Waals surface area contributed by atoms with Crippen molar-refractivity contribution in [2.24, 2.45) is 5.10 Å². The van der Waals surface area contributed by atoms with Crippen molar-refractivity contribution < 1.29 is 9.53 Å². The summed E-state index contributed by atoms with van der Waals surface area (Å²) in [4.78, 5) is 13.4. The molecule has 0 aromatic heterocycles. The smallest absolute Gasteiger partial charge is 0.281 e. The van der Waals surface area contributed by atoms with Crippen molar-refractivity contribution in [3.05, 3.63) is 134 Å². The number of halogens is 3. The average molecular weight is 534 g/mol.